The zero-order valence-corrected chi connectivity index (χ0v) is 14.3. The van der Waals surface area contributed by atoms with Gasteiger partial charge in [-0.25, -0.2) is 5.06 Å². The molecule has 2 amide bonds. The molecule has 2 aliphatic rings. The van der Waals surface area contributed by atoms with Crippen LogP contribution in [0.3, 0.4) is 0 Å². The zero-order valence-electron chi connectivity index (χ0n) is 14.3. The van der Waals surface area contributed by atoms with Crippen molar-refractivity contribution < 1.29 is 23.9 Å². The van der Waals surface area contributed by atoms with Gasteiger partial charge in [0.2, 0.25) is 5.91 Å². The highest BCUT2D eigenvalue weighted by Crippen LogP contribution is 2.47. The highest BCUT2D eigenvalue weighted by atomic mass is 16.7. The topological polar surface area (TPSA) is 77.1 Å². The van der Waals surface area contributed by atoms with Crippen molar-refractivity contribution >= 4 is 17.5 Å². The molecule has 7 heteroatoms. The van der Waals surface area contributed by atoms with Gasteiger partial charge in [0.05, 0.1) is 25.9 Å². The van der Waals surface area contributed by atoms with E-state index in [0.717, 1.165) is 11.3 Å². The van der Waals surface area contributed by atoms with E-state index in [1.54, 1.807) is 31.4 Å². The number of amides is 2. The Balaban J connectivity index is 1.84. The van der Waals surface area contributed by atoms with Crippen molar-refractivity contribution in [1.29, 1.82) is 0 Å². The average molecular weight is 354 g/mol. The lowest BCUT2D eigenvalue weighted by Gasteiger charge is -2.28. The van der Waals surface area contributed by atoms with Crippen LogP contribution in [0.1, 0.15) is 11.6 Å². The first-order valence-corrected chi connectivity index (χ1v) is 8.21. The number of benzene rings is 2. The third-order valence-corrected chi connectivity index (χ3v) is 4.72. The number of methoxy groups -OCH3 is 2. The Morgan fingerprint density at radius 1 is 1.00 bits per heavy atom. The lowest BCUT2D eigenvalue weighted by Crippen LogP contribution is -2.33. The SMILES string of the molecule is COc1ccc([C@@H]2[C@H]3C(=O)NC(=O)[C@@H]3ON2c2ccccc2)c(OC)c1. The molecule has 3 atom stereocenters. The molecule has 0 unspecified atom stereocenters. The molecule has 0 aliphatic carbocycles. The number of hydroxylamine groups is 1. The van der Waals surface area contributed by atoms with E-state index >= 15 is 0 Å². The number of anilines is 1. The second-order valence-corrected chi connectivity index (χ2v) is 6.12. The fourth-order valence-electron chi connectivity index (χ4n) is 3.51. The Morgan fingerprint density at radius 2 is 1.77 bits per heavy atom. The van der Waals surface area contributed by atoms with Gasteiger partial charge in [0, 0.05) is 11.6 Å². The van der Waals surface area contributed by atoms with Gasteiger partial charge in [0.25, 0.3) is 5.91 Å². The van der Waals surface area contributed by atoms with Crippen LogP contribution in [0.15, 0.2) is 48.5 Å². The molecule has 2 fully saturated rings. The molecular formula is C19H18N2O5. The molecule has 2 saturated heterocycles. The van der Waals surface area contributed by atoms with Crippen molar-refractivity contribution in [2.75, 3.05) is 19.3 Å². The highest BCUT2D eigenvalue weighted by Gasteiger charge is 2.57. The van der Waals surface area contributed by atoms with Gasteiger partial charge in [-0.1, -0.05) is 18.2 Å². The molecule has 0 aromatic heterocycles. The number of hydrogen-bond donors (Lipinski definition) is 1. The number of carbonyl (C=O) groups excluding carboxylic acids is 2. The number of nitrogens with one attached hydrogen (secondary N) is 1. The predicted molar refractivity (Wildman–Crippen MR) is 92.7 cm³/mol. The number of hydrogen-bond acceptors (Lipinski definition) is 6. The molecule has 134 valence electrons. The number of para-hydroxylation sites is 1. The smallest absolute Gasteiger partial charge is 0.259 e. The van der Waals surface area contributed by atoms with E-state index in [1.165, 1.54) is 0 Å². The minimum absolute atomic E-state index is 0.346. The molecule has 2 aromatic rings. The van der Waals surface area contributed by atoms with Gasteiger partial charge in [0.15, 0.2) is 6.10 Å². The predicted octanol–water partition coefficient (Wildman–Crippen LogP) is 1.84. The number of rotatable bonds is 4. The summed E-state index contributed by atoms with van der Waals surface area (Å²) in [6, 6.07) is 14.2. The number of fused-ring (bicyclic) bond motifs is 1. The summed E-state index contributed by atoms with van der Waals surface area (Å²) in [5.41, 5.74) is 1.50. The van der Waals surface area contributed by atoms with Crippen LogP contribution in [0.4, 0.5) is 5.69 Å². The van der Waals surface area contributed by atoms with E-state index in [-0.39, 0.29) is 5.91 Å². The molecule has 0 radical (unpaired) electrons. The van der Waals surface area contributed by atoms with Crippen LogP contribution in [0.25, 0.3) is 0 Å². The van der Waals surface area contributed by atoms with Crippen LogP contribution in [0.2, 0.25) is 0 Å². The fourth-order valence-corrected chi connectivity index (χ4v) is 3.51. The first-order chi connectivity index (χ1) is 12.6. The summed E-state index contributed by atoms with van der Waals surface area (Å²) < 4.78 is 10.8. The molecule has 2 aliphatic heterocycles. The highest BCUT2D eigenvalue weighted by molar-refractivity contribution is 6.07. The normalized spacial score (nSPS) is 24.4. The number of imide groups is 1. The van der Waals surface area contributed by atoms with E-state index in [2.05, 4.69) is 5.32 Å². The summed E-state index contributed by atoms with van der Waals surface area (Å²) in [5, 5.41) is 3.98. The van der Waals surface area contributed by atoms with E-state index < -0.39 is 24.0 Å². The first-order valence-electron chi connectivity index (χ1n) is 8.21. The number of ether oxygens (including phenoxy) is 2. The van der Waals surface area contributed by atoms with Crippen LogP contribution in [0, 0.1) is 5.92 Å². The quantitative estimate of drug-likeness (QED) is 0.845. The third kappa shape index (κ3) is 2.48. The van der Waals surface area contributed by atoms with Crippen LogP contribution in [0.5, 0.6) is 11.5 Å². The van der Waals surface area contributed by atoms with Crippen LogP contribution < -0.4 is 19.9 Å². The Bertz CT molecular complexity index is 854. The van der Waals surface area contributed by atoms with Crippen molar-refractivity contribution in [3.05, 3.63) is 54.1 Å². The fraction of sp³-hybridized carbons (Fsp3) is 0.263. The van der Waals surface area contributed by atoms with E-state index in [4.69, 9.17) is 14.3 Å². The first kappa shape index (κ1) is 16.4. The Kier molecular flexibility index (Phi) is 4.00. The van der Waals surface area contributed by atoms with Gasteiger partial charge >= 0.3 is 0 Å². The summed E-state index contributed by atoms with van der Waals surface area (Å²) in [6.45, 7) is 0. The molecule has 0 spiro atoms. The largest absolute Gasteiger partial charge is 0.497 e. The van der Waals surface area contributed by atoms with Crippen molar-refractivity contribution in [3.8, 4) is 11.5 Å². The maximum atomic E-state index is 12.4. The lowest BCUT2D eigenvalue weighted by atomic mass is 9.90. The summed E-state index contributed by atoms with van der Waals surface area (Å²) in [6.07, 6.45) is -0.862. The Morgan fingerprint density at radius 3 is 2.46 bits per heavy atom. The van der Waals surface area contributed by atoms with Gasteiger partial charge in [-0.3, -0.25) is 19.7 Å². The molecule has 1 N–H and O–H groups in total. The molecule has 0 saturated carbocycles. The number of carbonyl (C=O) groups is 2. The standard InChI is InChI=1S/C19H18N2O5/c1-24-12-8-9-13(14(10-12)25-2)16-15-17(19(23)20-18(15)22)26-21(16)11-6-4-3-5-7-11/h3-10,15-17H,1-2H3,(H,20,22,23)/t15-,16-,17-/m1/s1. The van der Waals surface area contributed by atoms with E-state index in [9.17, 15) is 9.59 Å². The summed E-state index contributed by atoms with van der Waals surface area (Å²) in [5.74, 6) is -0.229. The summed E-state index contributed by atoms with van der Waals surface area (Å²) >= 11 is 0. The second-order valence-electron chi connectivity index (χ2n) is 6.12. The summed E-state index contributed by atoms with van der Waals surface area (Å²) in [7, 11) is 3.13. The maximum Gasteiger partial charge on any atom is 0.259 e. The monoisotopic (exact) mass is 354 g/mol. The van der Waals surface area contributed by atoms with Gasteiger partial charge in [0.1, 0.15) is 17.4 Å². The molecule has 0 bridgehead atoms. The number of nitrogens with zero attached hydrogens (tertiary/aromatic N) is 1. The lowest BCUT2D eigenvalue weighted by molar-refractivity contribution is -0.129. The van der Waals surface area contributed by atoms with Crippen molar-refractivity contribution in [2.45, 2.75) is 12.1 Å². The van der Waals surface area contributed by atoms with Gasteiger partial charge < -0.3 is 9.47 Å². The van der Waals surface area contributed by atoms with E-state index in [0.29, 0.717) is 11.5 Å². The molecule has 2 heterocycles. The molecule has 4 rings (SSSR count). The Labute approximate surface area is 150 Å². The average Bonchev–Trinajstić information content (AvgIpc) is 3.20. The molecular weight excluding hydrogens is 336 g/mol. The minimum atomic E-state index is -0.862. The summed E-state index contributed by atoms with van der Waals surface area (Å²) in [4.78, 5) is 30.5. The molecule has 7 nitrogen and oxygen atoms in total. The van der Waals surface area contributed by atoms with Gasteiger partial charge in [-0.05, 0) is 24.3 Å². The molecule has 2 aromatic carbocycles. The van der Waals surface area contributed by atoms with Crippen LogP contribution in [-0.4, -0.2) is 32.1 Å². The maximum absolute atomic E-state index is 12.4. The van der Waals surface area contributed by atoms with Crippen molar-refractivity contribution in [1.82, 2.24) is 5.32 Å². The van der Waals surface area contributed by atoms with Crippen molar-refractivity contribution in [2.24, 2.45) is 5.92 Å². The zero-order chi connectivity index (χ0) is 18.3. The molecule has 26 heavy (non-hydrogen) atoms. The van der Waals surface area contributed by atoms with Gasteiger partial charge in [-0.15, -0.1) is 0 Å². The third-order valence-electron chi connectivity index (χ3n) is 4.72. The van der Waals surface area contributed by atoms with Crippen LogP contribution in [-0.2, 0) is 14.4 Å². The van der Waals surface area contributed by atoms with E-state index in [1.807, 2.05) is 36.4 Å². The van der Waals surface area contributed by atoms with Crippen LogP contribution >= 0.6 is 0 Å². The minimum Gasteiger partial charge on any atom is -0.497 e. The van der Waals surface area contributed by atoms with Gasteiger partial charge in [-0.2, -0.15) is 0 Å². The second kappa shape index (κ2) is 6.34. The van der Waals surface area contributed by atoms with Crippen molar-refractivity contribution in [3.63, 3.8) is 0 Å². The Hall–Kier alpha value is -3.06.